The van der Waals surface area contributed by atoms with Crippen molar-refractivity contribution >= 4 is 23.0 Å². The van der Waals surface area contributed by atoms with Gasteiger partial charge in [0.05, 0.1) is 5.71 Å². The topological polar surface area (TPSA) is 50.4 Å². The summed E-state index contributed by atoms with van der Waals surface area (Å²) in [5.41, 5.74) is 11.3. The van der Waals surface area contributed by atoms with Crippen LogP contribution in [0, 0.1) is 0 Å². The van der Waals surface area contributed by atoms with E-state index < -0.39 is 0 Å². The molecular weight excluding hydrogens is 242 g/mol. The van der Waals surface area contributed by atoms with Crippen LogP contribution in [0.3, 0.4) is 0 Å². The van der Waals surface area contributed by atoms with E-state index >= 15 is 0 Å². The van der Waals surface area contributed by atoms with Crippen molar-refractivity contribution in [3.63, 3.8) is 0 Å². The van der Waals surface area contributed by atoms with Gasteiger partial charge in [0.2, 0.25) is 0 Å². The standard InChI is InChI=1S/C14H21N3S/c1-3-4-5-6-12-7-9-13(10-8-12)11(2)16-17-14(15)18/h7-10H,3-6H2,1-2H3,(H3,15,17,18)/b16-11+. The van der Waals surface area contributed by atoms with Crippen molar-refractivity contribution in [1.29, 1.82) is 0 Å². The summed E-state index contributed by atoms with van der Waals surface area (Å²) < 4.78 is 0. The van der Waals surface area contributed by atoms with E-state index in [1.807, 2.05) is 6.92 Å². The third-order valence-electron chi connectivity index (χ3n) is 2.77. The maximum Gasteiger partial charge on any atom is 0.184 e. The van der Waals surface area contributed by atoms with Gasteiger partial charge in [0.15, 0.2) is 5.11 Å². The van der Waals surface area contributed by atoms with Crippen LogP contribution in [0.5, 0.6) is 0 Å². The monoisotopic (exact) mass is 263 g/mol. The van der Waals surface area contributed by atoms with Crippen molar-refractivity contribution in [1.82, 2.24) is 5.43 Å². The van der Waals surface area contributed by atoms with E-state index in [1.54, 1.807) is 0 Å². The Morgan fingerprint density at radius 1 is 1.28 bits per heavy atom. The summed E-state index contributed by atoms with van der Waals surface area (Å²) in [7, 11) is 0. The Bertz CT molecular complexity index is 410. The molecule has 0 aromatic heterocycles. The number of nitrogens with one attached hydrogen (secondary N) is 1. The van der Waals surface area contributed by atoms with Crippen LogP contribution in [0.15, 0.2) is 29.4 Å². The molecular formula is C14H21N3S. The molecule has 0 saturated heterocycles. The van der Waals surface area contributed by atoms with Crippen LogP contribution < -0.4 is 11.2 Å². The van der Waals surface area contributed by atoms with Crippen molar-refractivity contribution in [2.75, 3.05) is 0 Å². The van der Waals surface area contributed by atoms with Crippen LogP contribution in [0.1, 0.15) is 44.2 Å². The van der Waals surface area contributed by atoms with Gasteiger partial charge in [-0.15, -0.1) is 0 Å². The number of unbranched alkanes of at least 4 members (excludes halogenated alkanes) is 2. The molecule has 98 valence electrons. The van der Waals surface area contributed by atoms with Crippen LogP contribution in [-0.4, -0.2) is 10.8 Å². The minimum Gasteiger partial charge on any atom is -0.375 e. The highest BCUT2D eigenvalue weighted by atomic mass is 32.1. The van der Waals surface area contributed by atoms with Crippen molar-refractivity contribution in [3.05, 3.63) is 35.4 Å². The molecule has 0 aliphatic carbocycles. The Kier molecular flexibility index (Phi) is 6.36. The highest BCUT2D eigenvalue weighted by molar-refractivity contribution is 7.80. The molecule has 0 fully saturated rings. The van der Waals surface area contributed by atoms with Crippen molar-refractivity contribution in [2.45, 2.75) is 39.5 Å². The molecule has 4 heteroatoms. The number of hydrazone groups is 1. The summed E-state index contributed by atoms with van der Waals surface area (Å²) in [5.74, 6) is 0. The van der Waals surface area contributed by atoms with Crippen molar-refractivity contribution in [2.24, 2.45) is 10.8 Å². The van der Waals surface area contributed by atoms with E-state index in [9.17, 15) is 0 Å². The van der Waals surface area contributed by atoms with Gasteiger partial charge < -0.3 is 5.73 Å². The molecule has 1 aromatic rings. The Labute approximate surface area is 114 Å². The zero-order chi connectivity index (χ0) is 13.4. The first-order valence-electron chi connectivity index (χ1n) is 6.32. The Morgan fingerprint density at radius 2 is 1.94 bits per heavy atom. The smallest absolute Gasteiger partial charge is 0.184 e. The Hall–Kier alpha value is -1.42. The highest BCUT2D eigenvalue weighted by Crippen LogP contribution is 2.09. The molecule has 0 amide bonds. The fourth-order valence-corrected chi connectivity index (χ4v) is 1.74. The lowest BCUT2D eigenvalue weighted by atomic mass is 10.0. The molecule has 3 nitrogen and oxygen atoms in total. The second-order valence-corrected chi connectivity index (χ2v) is 4.77. The van der Waals surface area contributed by atoms with Gasteiger partial charge in [-0.2, -0.15) is 5.10 Å². The molecule has 0 bridgehead atoms. The second kappa shape index (κ2) is 7.82. The first-order chi connectivity index (χ1) is 8.63. The average Bonchev–Trinajstić information content (AvgIpc) is 2.37. The number of benzene rings is 1. The number of nitrogens with two attached hydrogens (primary N) is 1. The number of hydrogen-bond acceptors (Lipinski definition) is 2. The van der Waals surface area contributed by atoms with Crippen molar-refractivity contribution < 1.29 is 0 Å². The Morgan fingerprint density at radius 3 is 2.50 bits per heavy atom. The van der Waals surface area contributed by atoms with Crippen LogP contribution in [0.2, 0.25) is 0 Å². The SMILES string of the molecule is CCCCCc1ccc(/C(C)=N/NC(N)=S)cc1. The third kappa shape index (κ3) is 5.27. The number of thiocarbonyl (C=S) groups is 1. The molecule has 0 saturated carbocycles. The van der Waals surface area contributed by atoms with Crippen LogP contribution in [-0.2, 0) is 6.42 Å². The largest absolute Gasteiger partial charge is 0.375 e. The molecule has 1 aromatic carbocycles. The lowest BCUT2D eigenvalue weighted by Crippen LogP contribution is -2.25. The first kappa shape index (κ1) is 14.6. The predicted octanol–water partition coefficient (Wildman–Crippen LogP) is 2.98. The molecule has 0 spiro atoms. The maximum atomic E-state index is 5.32. The maximum absolute atomic E-state index is 5.32. The average molecular weight is 263 g/mol. The molecule has 0 heterocycles. The summed E-state index contributed by atoms with van der Waals surface area (Å²) in [6, 6.07) is 8.48. The zero-order valence-electron chi connectivity index (χ0n) is 11.1. The van der Waals surface area contributed by atoms with Gasteiger partial charge in [-0.05, 0) is 43.1 Å². The van der Waals surface area contributed by atoms with Gasteiger partial charge in [0, 0.05) is 0 Å². The van der Waals surface area contributed by atoms with E-state index in [0.717, 1.165) is 17.7 Å². The van der Waals surface area contributed by atoms with E-state index in [0.29, 0.717) is 0 Å². The van der Waals surface area contributed by atoms with Gasteiger partial charge in [-0.25, -0.2) is 0 Å². The van der Waals surface area contributed by atoms with Gasteiger partial charge >= 0.3 is 0 Å². The van der Waals surface area contributed by atoms with E-state index in [2.05, 4.69) is 41.7 Å². The predicted molar refractivity (Wildman–Crippen MR) is 81.8 cm³/mol. The number of hydrogen-bond donors (Lipinski definition) is 2. The highest BCUT2D eigenvalue weighted by Gasteiger charge is 1.98. The molecule has 1 rings (SSSR count). The first-order valence-corrected chi connectivity index (χ1v) is 6.73. The molecule has 0 unspecified atom stereocenters. The molecule has 0 aliphatic heterocycles. The molecule has 18 heavy (non-hydrogen) atoms. The third-order valence-corrected chi connectivity index (χ3v) is 2.87. The van der Waals surface area contributed by atoms with E-state index in [4.69, 9.17) is 18.0 Å². The normalized spacial score (nSPS) is 11.3. The summed E-state index contributed by atoms with van der Waals surface area (Å²) >= 11 is 4.70. The molecule has 0 atom stereocenters. The molecule has 0 radical (unpaired) electrons. The lowest BCUT2D eigenvalue weighted by Gasteiger charge is -2.04. The summed E-state index contributed by atoms with van der Waals surface area (Å²) in [4.78, 5) is 0. The number of aryl methyl sites for hydroxylation is 1. The molecule has 3 N–H and O–H groups in total. The minimum absolute atomic E-state index is 0.186. The van der Waals surface area contributed by atoms with Crippen molar-refractivity contribution in [3.8, 4) is 0 Å². The fourth-order valence-electron chi connectivity index (χ4n) is 1.70. The zero-order valence-corrected chi connectivity index (χ0v) is 11.9. The number of rotatable bonds is 6. The Balaban J connectivity index is 2.59. The minimum atomic E-state index is 0.186. The second-order valence-electron chi connectivity index (χ2n) is 4.33. The van der Waals surface area contributed by atoms with Gasteiger partial charge in [0.1, 0.15) is 0 Å². The van der Waals surface area contributed by atoms with Gasteiger partial charge in [-0.1, -0.05) is 44.0 Å². The summed E-state index contributed by atoms with van der Waals surface area (Å²) in [6.07, 6.45) is 4.95. The van der Waals surface area contributed by atoms with Gasteiger partial charge in [0.25, 0.3) is 0 Å². The summed E-state index contributed by atoms with van der Waals surface area (Å²) in [6.45, 7) is 4.15. The van der Waals surface area contributed by atoms with Crippen LogP contribution >= 0.6 is 12.2 Å². The van der Waals surface area contributed by atoms with E-state index in [-0.39, 0.29) is 5.11 Å². The lowest BCUT2D eigenvalue weighted by molar-refractivity contribution is 0.717. The van der Waals surface area contributed by atoms with Crippen LogP contribution in [0.4, 0.5) is 0 Å². The summed E-state index contributed by atoms with van der Waals surface area (Å²) in [5, 5.41) is 4.29. The molecule has 0 aliphatic rings. The van der Waals surface area contributed by atoms with E-state index in [1.165, 1.54) is 24.8 Å². The fraction of sp³-hybridized carbons (Fsp3) is 0.429. The van der Waals surface area contributed by atoms with Crippen LogP contribution in [0.25, 0.3) is 0 Å². The quantitative estimate of drug-likeness (QED) is 0.359. The number of nitrogens with zero attached hydrogens (tertiary/aromatic N) is 1. The van der Waals surface area contributed by atoms with Gasteiger partial charge in [-0.3, -0.25) is 5.43 Å².